The Kier molecular flexibility index (Phi) is 6.14. The van der Waals surface area contributed by atoms with Gasteiger partial charge in [0, 0.05) is 12.2 Å². The number of carbonyl (C=O) groups is 1. The van der Waals surface area contributed by atoms with Gasteiger partial charge in [-0.05, 0) is 48.4 Å². The van der Waals surface area contributed by atoms with Crippen molar-refractivity contribution in [3.63, 3.8) is 0 Å². The monoisotopic (exact) mass is 378 g/mol. The molecule has 0 aromatic heterocycles. The van der Waals surface area contributed by atoms with E-state index >= 15 is 0 Å². The van der Waals surface area contributed by atoms with Crippen molar-refractivity contribution in [2.24, 2.45) is 0 Å². The second-order valence-corrected chi connectivity index (χ2v) is 6.48. The average molecular weight is 378 g/mol. The summed E-state index contributed by atoms with van der Waals surface area (Å²) in [6, 6.07) is 20.7. The molecular weight excluding hydrogens is 356 g/mol. The number of nitrogens with one attached hydrogen (secondary N) is 1. The number of benzene rings is 3. The van der Waals surface area contributed by atoms with Gasteiger partial charge in [0.25, 0.3) is 0 Å². The smallest absolute Gasteiger partial charge is 0.346 e. The summed E-state index contributed by atoms with van der Waals surface area (Å²) < 4.78 is 6.00. The minimum absolute atomic E-state index is 0.0476. The van der Waals surface area contributed by atoms with Crippen LogP contribution in [-0.2, 0) is 22.6 Å². The topological polar surface area (TPSA) is 93.8 Å². The zero-order valence-electron chi connectivity index (χ0n) is 15.5. The molecule has 0 aliphatic rings. The second-order valence-electron chi connectivity index (χ2n) is 6.48. The molecule has 3 aromatic carbocycles. The molecule has 4 N–H and O–H groups in total. The Morgan fingerprint density at radius 3 is 2.57 bits per heavy atom. The first-order chi connectivity index (χ1) is 13.5. The minimum Gasteiger partial charge on any atom is -0.455 e. The summed E-state index contributed by atoms with van der Waals surface area (Å²) in [5, 5.41) is 11.8. The summed E-state index contributed by atoms with van der Waals surface area (Å²) >= 11 is 0. The molecule has 0 saturated heterocycles. The Balaban J connectivity index is 1.76. The molecule has 28 heavy (non-hydrogen) atoms. The first kappa shape index (κ1) is 19.3. The summed E-state index contributed by atoms with van der Waals surface area (Å²) in [6.45, 7) is 2.68. The lowest BCUT2D eigenvalue weighted by molar-refractivity contribution is -0.233. The van der Waals surface area contributed by atoms with Gasteiger partial charge in [0.2, 0.25) is 0 Å². The van der Waals surface area contributed by atoms with Crippen LogP contribution in [0.2, 0.25) is 0 Å². The van der Waals surface area contributed by atoms with Crippen LogP contribution in [0, 0.1) is 6.92 Å². The third-order valence-electron chi connectivity index (χ3n) is 4.18. The van der Waals surface area contributed by atoms with Gasteiger partial charge in [-0.3, -0.25) is 0 Å². The molecule has 0 amide bonds. The number of ether oxygens (including phenoxy) is 1. The Labute approximate surface area is 163 Å². The summed E-state index contributed by atoms with van der Waals surface area (Å²) in [6.07, 6.45) is -0.0476. The molecule has 0 aliphatic heterocycles. The van der Waals surface area contributed by atoms with Crippen LogP contribution in [0.1, 0.15) is 16.7 Å². The van der Waals surface area contributed by atoms with Gasteiger partial charge in [-0.2, -0.15) is 5.26 Å². The summed E-state index contributed by atoms with van der Waals surface area (Å²) in [7, 11) is 0. The molecule has 0 radical (unpaired) electrons. The third-order valence-corrected chi connectivity index (χ3v) is 4.18. The van der Waals surface area contributed by atoms with Gasteiger partial charge in [0.05, 0.1) is 12.1 Å². The van der Waals surface area contributed by atoms with Crippen LogP contribution in [0.25, 0.3) is 0 Å². The van der Waals surface area contributed by atoms with E-state index < -0.39 is 5.97 Å². The number of nitrogens with two attached hydrogens (primary N) is 1. The molecule has 0 aliphatic carbocycles. The number of carbonyl (C=O) groups excluding carboxylic acids is 1. The Bertz CT molecular complexity index is 955. The zero-order chi connectivity index (χ0) is 19.9. The van der Waals surface area contributed by atoms with E-state index in [0.717, 1.165) is 11.3 Å². The molecule has 0 saturated carbocycles. The van der Waals surface area contributed by atoms with E-state index in [4.69, 9.17) is 15.7 Å². The van der Waals surface area contributed by atoms with Gasteiger partial charge in [0.15, 0.2) is 5.75 Å². The predicted molar refractivity (Wildman–Crippen MR) is 108 cm³/mol. The standard InChI is InChI=1S/C22H22N2O4/c1-15-5-7-16(8-6-15)14-24-20-13-18(23)9-10-21(20)27-19-4-2-3-17(11-19)12-22(25)28-26/h2-11,13,24,26H,12,14,23H2,1H3. The fourth-order valence-corrected chi connectivity index (χ4v) is 2.72. The molecule has 144 valence electrons. The van der Waals surface area contributed by atoms with Crippen molar-refractivity contribution < 1.29 is 19.7 Å². The van der Waals surface area contributed by atoms with Crippen LogP contribution in [0.5, 0.6) is 11.5 Å². The van der Waals surface area contributed by atoms with Gasteiger partial charge in [-0.15, -0.1) is 0 Å². The van der Waals surface area contributed by atoms with E-state index in [1.165, 1.54) is 5.56 Å². The highest BCUT2D eigenvalue weighted by molar-refractivity contribution is 5.72. The lowest BCUT2D eigenvalue weighted by Gasteiger charge is -2.14. The van der Waals surface area contributed by atoms with Gasteiger partial charge >= 0.3 is 5.97 Å². The first-order valence-corrected chi connectivity index (χ1v) is 8.83. The third kappa shape index (κ3) is 5.25. The van der Waals surface area contributed by atoms with Crippen LogP contribution < -0.4 is 15.8 Å². The van der Waals surface area contributed by atoms with Crippen molar-refractivity contribution in [3.8, 4) is 11.5 Å². The molecule has 0 bridgehead atoms. The second kappa shape index (κ2) is 8.92. The molecule has 0 fully saturated rings. The molecule has 6 nitrogen and oxygen atoms in total. The highest BCUT2D eigenvalue weighted by Crippen LogP contribution is 2.32. The van der Waals surface area contributed by atoms with E-state index in [9.17, 15) is 4.79 Å². The molecule has 0 spiro atoms. The van der Waals surface area contributed by atoms with Crippen molar-refractivity contribution in [2.45, 2.75) is 19.9 Å². The fraction of sp³-hybridized carbons (Fsp3) is 0.136. The molecule has 0 unspecified atom stereocenters. The maximum absolute atomic E-state index is 11.2. The minimum atomic E-state index is -0.731. The van der Waals surface area contributed by atoms with Crippen LogP contribution in [0.15, 0.2) is 66.7 Å². The van der Waals surface area contributed by atoms with Crippen molar-refractivity contribution in [2.75, 3.05) is 11.1 Å². The quantitative estimate of drug-likeness (QED) is 0.317. The van der Waals surface area contributed by atoms with Crippen LogP contribution >= 0.6 is 0 Å². The molecule has 6 heteroatoms. The largest absolute Gasteiger partial charge is 0.455 e. The number of rotatable bonds is 7. The average Bonchev–Trinajstić information content (AvgIpc) is 2.69. The maximum Gasteiger partial charge on any atom is 0.346 e. The lowest BCUT2D eigenvalue weighted by atomic mass is 10.1. The fourth-order valence-electron chi connectivity index (χ4n) is 2.72. The Morgan fingerprint density at radius 2 is 1.82 bits per heavy atom. The summed E-state index contributed by atoms with van der Waals surface area (Å²) in [5.41, 5.74) is 10.3. The summed E-state index contributed by atoms with van der Waals surface area (Å²) in [5.74, 6) is 0.444. The SMILES string of the molecule is Cc1ccc(CNc2cc(N)ccc2Oc2cccc(CC(=O)OO)c2)cc1. The van der Waals surface area contributed by atoms with Gasteiger partial charge < -0.3 is 20.7 Å². The van der Waals surface area contributed by atoms with E-state index in [-0.39, 0.29) is 6.42 Å². The summed E-state index contributed by atoms with van der Waals surface area (Å²) in [4.78, 5) is 15.0. The zero-order valence-corrected chi connectivity index (χ0v) is 15.5. The van der Waals surface area contributed by atoms with Crippen molar-refractivity contribution in [1.29, 1.82) is 0 Å². The van der Waals surface area contributed by atoms with Crippen LogP contribution in [0.3, 0.4) is 0 Å². The number of nitrogen functional groups attached to an aromatic ring is 1. The number of anilines is 2. The number of aryl methyl sites for hydroxylation is 1. The van der Waals surface area contributed by atoms with Gasteiger partial charge in [-0.25, -0.2) is 4.79 Å². The van der Waals surface area contributed by atoms with Gasteiger partial charge in [0.1, 0.15) is 5.75 Å². The van der Waals surface area contributed by atoms with Crippen LogP contribution in [0.4, 0.5) is 11.4 Å². The predicted octanol–water partition coefficient (Wildman–Crippen LogP) is 4.54. The molecule has 0 atom stereocenters. The van der Waals surface area contributed by atoms with E-state index in [2.05, 4.69) is 41.4 Å². The molecule has 3 aromatic rings. The highest BCUT2D eigenvalue weighted by atomic mass is 17.1. The van der Waals surface area contributed by atoms with Crippen LogP contribution in [-0.4, -0.2) is 11.2 Å². The van der Waals surface area contributed by atoms with Gasteiger partial charge in [-0.1, -0.05) is 42.0 Å². The molecule has 0 heterocycles. The Morgan fingerprint density at radius 1 is 1.04 bits per heavy atom. The maximum atomic E-state index is 11.2. The van der Waals surface area contributed by atoms with E-state index in [1.54, 1.807) is 36.4 Å². The van der Waals surface area contributed by atoms with Crippen molar-refractivity contribution >= 4 is 17.3 Å². The lowest BCUT2D eigenvalue weighted by Crippen LogP contribution is -2.05. The number of hydrogen-bond donors (Lipinski definition) is 3. The Hall–Kier alpha value is -3.51. The van der Waals surface area contributed by atoms with E-state index in [1.807, 2.05) is 6.07 Å². The number of hydrogen-bond acceptors (Lipinski definition) is 6. The molecular formula is C22H22N2O4. The molecule has 3 rings (SSSR count). The van der Waals surface area contributed by atoms with Crippen molar-refractivity contribution in [3.05, 3.63) is 83.4 Å². The normalized spacial score (nSPS) is 10.4. The van der Waals surface area contributed by atoms with E-state index in [0.29, 0.717) is 29.3 Å². The first-order valence-electron chi connectivity index (χ1n) is 8.83. The van der Waals surface area contributed by atoms with Crippen molar-refractivity contribution in [1.82, 2.24) is 0 Å². The highest BCUT2D eigenvalue weighted by Gasteiger charge is 2.09.